The van der Waals surface area contributed by atoms with E-state index in [9.17, 15) is 15.0 Å². The van der Waals surface area contributed by atoms with E-state index in [1.165, 1.54) is 13.4 Å². The summed E-state index contributed by atoms with van der Waals surface area (Å²) in [4.78, 5) is 25.4. The number of nitrogens with zero attached hydrogens (tertiary/aromatic N) is 4. The molecule has 158 valence electrons. The molecule has 1 aliphatic carbocycles. The van der Waals surface area contributed by atoms with Gasteiger partial charge in [0.25, 0.3) is 0 Å². The van der Waals surface area contributed by atoms with Crippen LogP contribution in [0.3, 0.4) is 0 Å². The van der Waals surface area contributed by atoms with E-state index in [0.717, 1.165) is 9.13 Å². The lowest BCUT2D eigenvalue weighted by atomic mass is 9.85. The number of imidazole rings is 1. The van der Waals surface area contributed by atoms with E-state index in [4.69, 9.17) is 0 Å². The topological polar surface area (TPSA) is 125 Å². The molecule has 4 rings (SSSR count). The number of aliphatic hydroxyl groups excluding tert-OH is 2. The van der Waals surface area contributed by atoms with Crippen molar-refractivity contribution in [1.29, 1.82) is 0 Å². The number of benzene rings is 1. The van der Waals surface area contributed by atoms with Crippen molar-refractivity contribution in [1.82, 2.24) is 24.8 Å². The number of carbonyl (C=O) groups is 1. The van der Waals surface area contributed by atoms with Crippen molar-refractivity contribution in [3.05, 3.63) is 46.1 Å². The minimum atomic E-state index is -1.19. The van der Waals surface area contributed by atoms with E-state index in [0.29, 0.717) is 23.5 Å². The monoisotopic (exact) mass is 522 g/mol. The maximum absolute atomic E-state index is 12.3. The molecule has 3 aromatic rings. The molecule has 0 saturated heterocycles. The fourth-order valence-corrected chi connectivity index (χ4v) is 4.70. The summed E-state index contributed by atoms with van der Waals surface area (Å²) in [5.74, 6) is 0.273. The Morgan fingerprint density at radius 1 is 1.33 bits per heavy atom. The predicted molar refractivity (Wildman–Crippen MR) is 120 cm³/mol. The first-order valence-electron chi connectivity index (χ1n) is 9.59. The summed E-state index contributed by atoms with van der Waals surface area (Å²) >= 11 is 2.27. The number of amides is 1. The molecule has 4 N–H and O–H groups in total. The number of halogens is 1. The molecule has 2 aromatic heterocycles. The average Bonchev–Trinajstić information content (AvgIpc) is 3.27. The van der Waals surface area contributed by atoms with Gasteiger partial charge in [-0.3, -0.25) is 4.79 Å². The fourth-order valence-electron chi connectivity index (χ4n) is 4.10. The van der Waals surface area contributed by atoms with Gasteiger partial charge in [0, 0.05) is 17.2 Å². The van der Waals surface area contributed by atoms with Crippen LogP contribution in [0.25, 0.3) is 11.2 Å². The zero-order chi connectivity index (χ0) is 21.5. The van der Waals surface area contributed by atoms with Gasteiger partial charge in [0.2, 0.25) is 5.91 Å². The highest BCUT2D eigenvalue weighted by Gasteiger charge is 2.54. The SMILES string of the molecule is CNC(=O)[C@@]1(C)C[C@@H](n2cnc3c(NCc4cccc(I)c4)ncnc32)[C@H](O)[C@@H]1O. The van der Waals surface area contributed by atoms with Gasteiger partial charge in [-0.1, -0.05) is 12.1 Å². The van der Waals surface area contributed by atoms with E-state index in [1.807, 2.05) is 18.2 Å². The van der Waals surface area contributed by atoms with Gasteiger partial charge >= 0.3 is 0 Å². The van der Waals surface area contributed by atoms with Crippen molar-refractivity contribution in [3.8, 4) is 0 Å². The van der Waals surface area contributed by atoms with Gasteiger partial charge in [-0.25, -0.2) is 15.0 Å². The fraction of sp³-hybridized carbons (Fsp3) is 0.400. The minimum Gasteiger partial charge on any atom is -0.389 e. The number of rotatable bonds is 5. The Labute approximate surface area is 187 Å². The highest BCUT2D eigenvalue weighted by Crippen LogP contribution is 2.45. The first-order valence-corrected chi connectivity index (χ1v) is 10.7. The Bertz CT molecular complexity index is 1090. The Hall–Kier alpha value is -2.31. The highest BCUT2D eigenvalue weighted by molar-refractivity contribution is 14.1. The molecule has 0 aliphatic heterocycles. The Morgan fingerprint density at radius 2 is 2.13 bits per heavy atom. The molecule has 0 spiro atoms. The molecule has 0 unspecified atom stereocenters. The Balaban J connectivity index is 1.63. The van der Waals surface area contributed by atoms with Crippen LogP contribution in [0.1, 0.15) is 24.9 Å². The normalized spacial score (nSPS) is 26.1. The molecule has 0 bridgehead atoms. The van der Waals surface area contributed by atoms with Crippen LogP contribution in [0.15, 0.2) is 36.9 Å². The summed E-state index contributed by atoms with van der Waals surface area (Å²) in [6.07, 6.45) is 0.956. The number of aromatic nitrogens is 4. The van der Waals surface area contributed by atoms with Crippen LogP contribution in [-0.4, -0.2) is 54.9 Å². The first kappa shape index (κ1) is 20.9. The van der Waals surface area contributed by atoms with Gasteiger partial charge in [0.05, 0.1) is 23.9 Å². The summed E-state index contributed by atoms with van der Waals surface area (Å²) in [6, 6.07) is 7.61. The second-order valence-electron chi connectivity index (χ2n) is 7.73. The number of hydrogen-bond acceptors (Lipinski definition) is 7. The maximum atomic E-state index is 12.3. The maximum Gasteiger partial charge on any atom is 0.228 e. The molecular formula is C20H23IN6O3. The van der Waals surface area contributed by atoms with Crippen LogP contribution in [0, 0.1) is 8.99 Å². The Morgan fingerprint density at radius 3 is 2.87 bits per heavy atom. The summed E-state index contributed by atoms with van der Waals surface area (Å²) in [5, 5.41) is 27.1. The van der Waals surface area contributed by atoms with Crippen molar-refractivity contribution in [2.24, 2.45) is 5.41 Å². The van der Waals surface area contributed by atoms with Crippen LogP contribution >= 0.6 is 22.6 Å². The van der Waals surface area contributed by atoms with Crippen LogP contribution in [-0.2, 0) is 11.3 Å². The summed E-state index contributed by atoms with van der Waals surface area (Å²) in [5.41, 5.74) is 1.11. The average molecular weight is 522 g/mol. The third-order valence-electron chi connectivity index (χ3n) is 5.81. The molecule has 10 heteroatoms. The molecule has 1 amide bonds. The van der Waals surface area contributed by atoms with Gasteiger partial charge in [-0.05, 0) is 53.6 Å². The smallest absolute Gasteiger partial charge is 0.228 e. The summed E-state index contributed by atoms with van der Waals surface area (Å²) in [7, 11) is 1.52. The third-order valence-corrected chi connectivity index (χ3v) is 6.49. The predicted octanol–water partition coefficient (Wildman–Crippen LogP) is 1.46. The van der Waals surface area contributed by atoms with E-state index in [-0.39, 0.29) is 12.3 Å². The van der Waals surface area contributed by atoms with E-state index < -0.39 is 23.7 Å². The number of aliphatic hydroxyl groups is 2. The zero-order valence-electron chi connectivity index (χ0n) is 16.6. The molecule has 30 heavy (non-hydrogen) atoms. The van der Waals surface area contributed by atoms with E-state index in [1.54, 1.807) is 17.8 Å². The molecule has 2 heterocycles. The lowest BCUT2D eigenvalue weighted by Gasteiger charge is -2.26. The molecule has 4 atom stereocenters. The summed E-state index contributed by atoms with van der Waals surface area (Å²) in [6.45, 7) is 2.23. The van der Waals surface area contributed by atoms with Crippen molar-refractivity contribution in [2.75, 3.05) is 12.4 Å². The van der Waals surface area contributed by atoms with Crippen molar-refractivity contribution >= 4 is 45.5 Å². The first-order chi connectivity index (χ1) is 14.3. The largest absolute Gasteiger partial charge is 0.389 e. The van der Waals surface area contributed by atoms with Gasteiger partial charge in [0.1, 0.15) is 17.9 Å². The molecule has 9 nitrogen and oxygen atoms in total. The third kappa shape index (κ3) is 3.52. The second kappa shape index (κ2) is 8.08. The van der Waals surface area contributed by atoms with Gasteiger partial charge in [-0.2, -0.15) is 0 Å². The summed E-state index contributed by atoms with van der Waals surface area (Å²) < 4.78 is 2.87. The van der Waals surface area contributed by atoms with Crippen molar-refractivity contribution in [3.63, 3.8) is 0 Å². The van der Waals surface area contributed by atoms with Crippen LogP contribution in [0.2, 0.25) is 0 Å². The number of nitrogens with one attached hydrogen (secondary N) is 2. The highest BCUT2D eigenvalue weighted by atomic mass is 127. The number of carbonyl (C=O) groups excluding carboxylic acids is 1. The Kier molecular flexibility index (Phi) is 5.64. The van der Waals surface area contributed by atoms with Crippen LogP contribution in [0.5, 0.6) is 0 Å². The molecule has 1 fully saturated rings. The molecule has 0 radical (unpaired) electrons. The number of hydrogen-bond donors (Lipinski definition) is 4. The lowest BCUT2D eigenvalue weighted by molar-refractivity contribution is -0.136. The van der Waals surface area contributed by atoms with Crippen LogP contribution in [0.4, 0.5) is 5.82 Å². The molecule has 1 aliphatic rings. The lowest BCUT2D eigenvalue weighted by Crippen LogP contribution is -2.45. The number of anilines is 1. The standard InChI is InChI=1S/C20H23IN6O3/c1-20(19(30)22-2)7-13(15(28)16(20)29)27-10-26-14-17(24-9-25-18(14)27)23-8-11-4-3-5-12(21)6-11/h3-6,9-10,13,15-16,28-29H,7-8H2,1-2H3,(H,22,30)(H,23,24,25)/t13-,15+,16+,20+/m1/s1. The van der Waals surface area contributed by atoms with Gasteiger partial charge in [-0.15, -0.1) is 0 Å². The zero-order valence-corrected chi connectivity index (χ0v) is 18.7. The molecule has 1 aromatic carbocycles. The van der Waals surface area contributed by atoms with Gasteiger partial charge in [0.15, 0.2) is 11.5 Å². The minimum absolute atomic E-state index is 0.260. The molecule has 1 saturated carbocycles. The van der Waals surface area contributed by atoms with Crippen molar-refractivity contribution < 1.29 is 15.0 Å². The van der Waals surface area contributed by atoms with Crippen LogP contribution < -0.4 is 10.6 Å². The molecular weight excluding hydrogens is 499 g/mol. The van der Waals surface area contributed by atoms with E-state index in [2.05, 4.69) is 54.2 Å². The number of fused-ring (bicyclic) bond motifs is 1. The van der Waals surface area contributed by atoms with E-state index >= 15 is 0 Å². The van der Waals surface area contributed by atoms with Gasteiger partial charge < -0.3 is 25.4 Å². The van der Waals surface area contributed by atoms with Crippen molar-refractivity contribution in [2.45, 2.75) is 38.1 Å². The second-order valence-corrected chi connectivity index (χ2v) is 8.98. The quantitative estimate of drug-likeness (QED) is 0.374.